The van der Waals surface area contributed by atoms with Crippen molar-refractivity contribution in [3.05, 3.63) is 29.8 Å². The number of carboxylic acids is 1. The lowest BCUT2D eigenvalue weighted by molar-refractivity contribution is -0.119. The van der Waals surface area contributed by atoms with Crippen LogP contribution in [0.5, 0.6) is 0 Å². The second-order valence-corrected chi connectivity index (χ2v) is 5.55. The number of hydrogen-bond donors (Lipinski definition) is 2. The SMILES string of the molecule is O=C(CSc1ccccc1C(=O)O)NCC1CCCO1. The minimum absolute atomic E-state index is 0.106. The van der Waals surface area contributed by atoms with Crippen molar-refractivity contribution in [3.63, 3.8) is 0 Å². The van der Waals surface area contributed by atoms with E-state index in [0.717, 1.165) is 19.4 Å². The van der Waals surface area contributed by atoms with Crippen molar-refractivity contribution in [2.24, 2.45) is 0 Å². The van der Waals surface area contributed by atoms with Crippen molar-refractivity contribution in [1.82, 2.24) is 5.32 Å². The molecule has 6 heteroatoms. The molecule has 0 radical (unpaired) electrons. The summed E-state index contributed by atoms with van der Waals surface area (Å²) in [6, 6.07) is 6.68. The van der Waals surface area contributed by atoms with Gasteiger partial charge in [0.15, 0.2) is 0 Å². The number of nitrogens with one attached hydrogen (secondary N) is 1. The van der Waals surface area contributed by atoms with Crippen LogP contribution in [-0.4, -0.2) is 42.0 Å². The lowest BCUT2D eigenvalue weighted by Gasteiger charge is -2.11. The number of carboxylic acid groups (broad SMARTS) is 1. The second kappa shape index (κ2) is 7.31. The number of carbonyl (C=O) groups excluding carboxylic acids is 1. The zero-order valence-corrected chi connectivity index (χ0v) is 11.8. The molecule has 1 aliphatic heterocycles. The van der Waals surface area contributed by atoms with Gasteiger partial charge in [-0.25, -0.2) is 4.79 Å². The molecule has 5 nitrogen and oxygen atoms in total. The van der Waals surface area contributed by atoms with Crippen LogP contribution in [0, 0.1) is 0 Å². The Balaban J connectivity index is 1.79. The van der Waals surface area contributed by atoms with Crippen LogP contribution in [-0.2, 0) is 9.53 Å². The maximum absolute atomic E-state index is 11.7. The van der Waals surface area contributed by atoms with Crippen LogP contribution in [0.25, 0.3) is 0 Å². The topological polar surface area (TPSA) is 75.6 Å². The molecule has 1 unspecified atom stereocenters. The first-order valence-corrected chi connectivity index (χ1v) is 7.49. The molecule has 0 aliphatic carbocycles. The summed E-state index contributed by atoms with van der Waals surface area (Å²) in [5.41, 5.74) is 0.226. The van der Waals surface area contributed by atoms with E-state index in [4.69, 9.17) is 9.84 Å². The first-order chi connectivity index (χ1) is 9.66. The summed E-state index contributed by atoms with van der Waals surface area (Å²) in [5.74, 6) is -0.879. The monoisotopic (exact) mass is 295 g/mol. The van der Waals surface area contributed by atoms with E-state index >= 15 is 0 Å². The molecule has 1 aliphatic rings. The minimum Gasteiger partial charge on any atom is -0.478 e. The number of thioether (sulfide) groups is 1. The zero-order valence-electron chi connectivity index (χ0n) is 11.0. The van der Waals surface area contributed by atoms with Crippen molar-refractivity contribution >= 4 is 23.6 Å². The fourth-order valence-corrected chi connectivity index (χ4v) is 2.87. The van der Waals surface area contributed by atoms with E-state index in [-0.39, 0.29) is 23.3 Å². The van der Waals surface area contributed by atoms with E-state index < -0.39 is 5.97 Å². The summed E-state index contributed by atoms with van der Waals surface area (Å²) in [5, 5.41) is 11.9. The Morgan fingerprint density at radius 1 is 1.40 bits per heavy atom. The minimum atomic E-state index is -0.979. The van der Waals surface area contributed by atoms with Crippen molar-refractivity contribution in [2.45, 2.75) is 23.8 Å². The van der Waals surface area contributed by atoms with Crippen LogP contribution < -0.4 is 5.32 Å². The molecule has 0 spiro atoms. The van der Waals surface area contributed by atoms with Crippen molar-refractivity contribution in [2.75, 3.05) is 18.9 Å². The van der Waals surface area contributed by atoms with Crippen LogP contribution in [0.15, 0.2) is 29.2 Å². The standard InChI is InChI=1S/C14H17NO4S/c16-13(15-8-10-4-3-7-19-10)9-20-12-6-2-1-5-11(12)14(17)18/h1-2,5-6,10H,3-4,7-9H2,(H,15,16)(H,17,18). The van der Waals surface area contributed by atoms with Gasteiger partial charge in [-0.05, 0) is 25.0 Å². The maximum atomic E-state index is 11.7. The third-order valence-corrected chi connectivity index (χ3v) is 4.10. The van der Waals surface area contributed by atoms with Gasteiger partial charge in [-0.3, -0.25) is 4.79 Å². The average Bonchev–Trinajstić information content (AvgIpc) is 2.96. The lowest BCUT2D eigenvalue weighted by atomic mass is 10.2. The molecule has 0 bridgehead atoms. The highest BCUT2D eigenvalue weighted by atomic mass is 32.2. The van der Waals surface area contributed by atoms with Crippen LogP contribution in [0.1, 0.15) is 23.2 Å². The van der Waals surface area contributed by atoms with Gasteiger partial charge in [-0.15, -0.1) is 11.8 Å². The Kier molecular flexibility index (Phi) is 5.43. The number of hydrogen-bond acceptors (Lipinski definition) is 4. The molecule has 0 aromatic heterocycles. The summed E-state index contributed by atoms with van der Waals surface area (Å²) >= 11 is 1.23. The number of aromatic carboxylic acids is 1. The Morgan fingerprint density at radius 2 is 2.20 bits per heavy atom. The van der Waals surface area contributed by atoms with Gasteiger partial charge < -0.3 is 15.2 Å². The van der Waals surface area contributed by atoms with E-state index in [9.17, 15) is 9.59 Å². The number of carbonyl (C=O) groups is 2. The molecule has 2 N–H and O–H groups in total. The van der Waals surface area contributed by atoms with E-state index in [1.165, 1.54) is 17.8 Å². The number of amides is 1. The normalized spacial score (nSPS) is 17.9. The number of rotatable bonds is 6. The number of ether oxygens (including phenoxy) is 1. The highest BCUT2D eigenvalue weighted by Gasteiger charge is 2.16. The summed E-state index contributed by atoms with van der Waals surface area (Å²) in [4.78, 5) is 23.4. The number of benzene rings is 1. The van der Waals surface area contributed by atoms with Crippen LogP contribution in [0.4, 0.5) is 0 Å². The summed E-state index contributed by atoms with van der Waals surface area (Å²) in [6.07, 6.45) is 2.14. The largest absolute Gasteiger partial charge is 0.478 e. The third kappa shape index (κ3) is 4.25. The van der Waals surface area contributed by atoms with Gasteiger partial charge in [-0.2, -0.15) is 0 Å². The van der Waals surface area contributed by atoms with Crippen molar-refractivity contribution < 1.29 is 19.4 Å². The Morgan fingerprint density at radius 3 is 2.90 bits per heavy atom. The Hall–Kier alpha value is -1.53. The zero-order chi connectivity index (χ0) is 14.4. The first-order valence-electron chi connectivity index (χ1n) is 6.50. The fraction of sp³-hybridized carbons (Fsp3) is 0.429. The van der Waals surface area contributed by atoms with E-state index in [1.54, 1.807) is 18.2 Å². The Labute approximate surface area is 121 Å². The van der Waals surface area contributed by atoms with Crippen LogP contribution in [0.3, 0.4) is 0 Å². The Bertz CT molecular complexity index is 486. The van der Waals surface area contributed by atoms with E-state index in [2.05, 4.69) is 5.32 Å². The van der Waals surface area contributed by atoms with Crippen LogP contribution >= 0.6 is 11.8 Å². The molecule has 1 aromatic rings. The predicted octanol–water partition coefficient (Wildman–Crippen LogP) is 1.77. The first kappa shape index (κ1) is 14.9. The molecule has 108 valence electrons. The highest BCUT2D eigenvalue weighted by Crippen LogP contribution is 2.22. The molecule has 1 aromatic carbocycles. The molecule has 1 heterocycles. The fourth-order valence-electron chi connectivity index (χ4n) is 2.00. The second-order valence-electron chi connectivity index (χ2n) is 4.53. The van der Waals surface area contributed by atoms with Crippen molar-refractivity contribution in [3.8, 4) is 0 Å². The van der Waals surface area contributed by atoms with Gasteiger partial charge in [-0.1, -0.05) is 12.1 Å². The molecule has 1 amide bonds. The molecule has 2 rings (SSSR count). The molecular weight excluding hydrogens is 278 g/mol. The molecule has 1 saturated heterocycles. The predicted molar refractivity (Wildman–Crippen MR) is 76.1 cm³/mol. The highest BCUT2D eigenvalue weighted by molar-refractivity contribution is 8.00. The molecule has 1 atom stereocenters. The summed E-state index contributed by atoms with van der Waals surface area (Å²) in [7, 11) is 0. The van der Waals surface area contributed by atoms with E-state index in [0.29, 0.717) is 11.4 Å². The van der Waals surface area contributed by atoms with Gasteiger partial charge in [0.2, 0.25) is 5.91 Å². The van der Waals surface area contributed by atoms with Gasteiger partial charge >= 0.3 is 5.97 Å². The average molecular weight is 295 g/mol. The van der Waals surface area contributed by atoms with Crippen molar-refractivity contribution in [1.29, 1.82) is 0 Å². The quantitative estimate of drug-likeness (QED) is 0.782. The summed E-state index contributed by atoms with van der Waals surface area (Å²) < 4.78 is 5.42. The third-order valence-electron chi connectivity index (χ3n) is 3.03. The summed E-state index contributed by atoms with van der Waals surface area (Å²) in [6.45, 7) is 1.29. The van der Waals surface area contributed by atoms with Gasteiger partial charge in [0.1, 0.15) is 0 Å². The lowest BCUT2D eigenvalue weighted by Crippen LogP contribution is -2.32. The van der Waals surface area contributed by atoms with Gasteiger partial charge in [0, 0.05) is 18.0 Å². The maximum Gasteiger partial charge on any atom is 0.336 e. The molecule has 20 heavy (non-hydrogen) atoms. The van der Waals surface area contributed by atoms with Gasteiger partial charge in [0.25, 0.3) is 0 Å². The van der Waals surface area contributed by atoms with Crippen LogP contribution in [0.2, 0.25) is 0 Å². The smallest absolute Gasteiger partial charge is 0.336 e. The molecule has 1 fully saturated rings. The molecule has 0 saturated carbocycles. The van der Waals surface area contributed by atoms with Gasteiger partial charge in [0.05, 0.1) is 17.4 Å². The van der Waals surface area contributed by atoms with E-state index in [1.807, 2.05) is 0 Å². The molecular formula is C14H17NO4S.